The monoisotopic (exact) mass is 250 g/mol. The Morgan fingerprint density at radius 3 is 2.94 bits per heavy atom. The van der Waals surface area contributed by atoms with Crippen molar-refractivity contribution >= 4 is 5.82 Å². The maximum Gasteiger partial charge on any atom is 0.132 e. The summed E-state index contributed by atoms with van der Waals surface area (Å²) in [5.74, 6) is 1.92. The highest BCUT2D eigenvalue weighted by atomic mass is 16.5. The second-order valence-electron chi connectivity index (χ2n) is 4.64. The lowest BCUT2D eigenvalue weighted by Crippen LogP contribution is -2.37. The Morgan fingerprint density at radius 1 is 1.44 bits per heavy atom. The van der Waals surface area contributed by atoms with Gasteiger partial charge < -0.3 is 15.0 Å². The van der Waals surface area contributed by atoms with Gasteiger partial charge in [0.05, 0.1) is 0 Å². The molecule has 0 spiro atoms. The third kappa shape index (κ3) is 3.40. The number of nitrogens with one attached hydrogen (secondary N) is 1. The quantitative estimate of drug-likeness (QED) is 0.840. The van der Waals surface area contributed by atoms with Crippen LogP contribution in [-0.4, -0.2) is 49.9 Å². The number of hydrogen-bond acceptors (Lipinski definition) is 5. The Kier molecular flexibility index (Phi) is 4.90. The van der Waals surface area contributed by atoms with E-state index in [0.717, 1.165) is 50.7 Å². The van der Waals surface area contributed by atoms with Crippen LogP contribution in [0.2, 0.25) is 0 Å². The van der Waals surface area contributed by atoms with Crippen molar-refractivity contribution in [2.45, 2.75) is 25.3 Å². The van der Waals surface area contributed by atoms with Crippen molar-refractivity contribution in [3.8, 4) is 0 Å². The molecule has 0 amide bonds. The maximum absolute atomic E-state index is 5.39. The zero-order chi connectivity index (χ0) is 12.8. The van der Waals surface area contributed by atoms with Gasteiger partial charge in [-0.3, -0.25) is 0 Å². The third-order valence-corrected chi connectivity index (χ3v) is 3.39. The van der Waals surface area contributed by atoms with Crippen molar-refractivity contribution in [1.29, 1.82) is 0 Å². The van der Waals surface area contributed by atoms with E-state index in [1.807, 2.05) is 19.3 Å². The van der Waals surface area contributed by atoms with Crippen LogP contribution in [0.15, 0.2) is 12.3 Å². The van der Waals surface area contributed by atoms with Crippen LogP contribution in [0.25, 0.3) is 0 Å². The summed E-state index contributed by atoms with van der Waals surface area (Å²) >= 11 is 0. The molecule has 5 heteroatoms. The van der Waals surface area contributed by atoms with Gasteiger partial charge in [-0.15, -0.1) is 0 Å². The van der Waals surface area contributed by atoms with Crippen LogP contribution < -0.4 is 10.2 Å². The largest absolute Gasteiger partial charge is 0.381 e. The van der Waals surface area contributed by atoms with Crippen LogP contribution in [0, 0.1) is 0 Å². The molecule has 1 aliphatic heterocycles. The minimum atomic E-state index is 0.533. The van der Waals surface area contributed by atoms with Crippen LogP contribution in [0.3, 0.4) is 0 Å². The molecule has 2 heterocycles. The highest BCUT2D eigenvalue weighted by Gasteiger charge is 2.19. The van der Waals surface area contributed by atoms with Gasteiger partial charge in [0, 0.05) is 45.5 Å². The van der Waals surface area contributed by atoms with Gasteiger partial charge in [0.1, 0.15) is 11.6 Å². The zero-order valence-corrected chi connectivity index (χ0v) is 11.2. The first-order valence-corrected chi connectivity index (χ1v) is 6.58. The van der Waals surface area contributed by atoms with Crippen LogP contribution >= 0.6 is 0 Å². The molecule has 0 saturated carbocycles. The lowest BCUT2D eigenvalue weighted by molar-refractivity contribution is 0.0853. The van der Waals surface area contributed by atoms with Crippen molar-refractivity contribution in [2.75, 3.05) is 38.8 Å². The Hall–Kier alpha value is -1.20. The van der Waals surface area contributed by atoms with Gasteiger partial charge in [0.25, 0.3) is 0 Å². The zero-order valence-electron chi connectivity index (χ0n) is 11.2. The first-order chi connectivity index (χ1) is 8.81. The lowest BCUT2D eigenvalue weighted by atomic mass is 10.1. The molecule has 1 aromatic rings. The molecule has 1 fully saturated rings. The first-order valence-electron chi connectivity index (χ1n) is 6.58. The summed E-state index contributed by atoms with van der Waals surface area (Å²) < 4.78 is 5.39. The molecular weight excluding hydrogens is 228 g/mol. The van der Waals surface area contributed by atoms with Gasteiger partial charge in [-0.1, -0.05) is 0 Å². The summed E-state index contributed by atoms with van der Waals surface area (Å²) in [5.41, 5.74) is 0. The van der Waals surface area contributed by atoms with Gasteiger partial charge >= 0.3 is 0 Å². The van der Waals surface area contributed by atoms with Crippen LogP contribution in [0.1, 0.15) is 18.7 Å². The number of hydrogen-bond donors (Lipinski definition) is 1. The van der Waals surface area contributed by atoms with E-state index in [9.17, 15) is 0 Å². The molecule has 100 valence electrons. The SMILES string of the molecule is CNCCc1nccc(N(C)C2CCOCC2)n1. The Labute approximate surface area is 109 Å². The van der Waals surface area contributed by atoms with E-state index in [0.29, 0.717) is 6.04 Å². The summed E-state index contributed by atoms with van der Waals surface area (Å²) in [6.07, 6.45) is 4.87. The highest BCUT2D eigenvalue weighted by molar-refractivity contribution is 5.37. The minimum absolute atomic E-state index is 0.533. The van der Waals surface area contributed by atoms with E-state index in [-0.39, 0.29) is 0 Å². The summed E-state index contributed by atoms with van der Waals surface area (Å²) in [6, 6.07) is 2.52. The Bertz CT molecular complexity index is 366. The maximum atomic E-state index is 5.39. The van der Waals surface area contributed by atoms with E-state index < -0.39 is 0 Å². The molecule has 0 atom stereocenters. The van der Waals surface area contributed by atoms with Crippen LogP contribution in [0.5, 0.6) is 0 Å². The molecule has 2 rings (SSSR count). The standard InChI is InChI=1S/C13H22N4O/c1-14-7-3-12-15-8-4-13(16-12)17(2)11-5-9-18-10-6-11/h4,8,11,14H,3,5-7,9-10H2,1-2H3. The predicted octanol–water partition coefficient (Wildman–Crippen LogP) is 0.854. The van der Waals surface area contributed by atoms with Gasteiger partial charge in [-0.2, -0.15) is 0 Å². The average molecular weight is 250 g/mol. The molecule has 1 saturated heterocycles. The summed E-state index contributed by atoms with van der Waals surface area (Å²) in [5, 5.41) is 3.12. The smallest absolute Gasteiger partial charge is 0.132 e. The van der Waals surface area contributed by atoms with E-state index in [2.05, 4.69) is 27.2 Å². The van der Waals surface area contributed by atoms with Crippen LogP contribution in [0.4, 0.5) is 5.82 Å². The van der Waals surface area contributed by atoms with Crippen molar-refractivity contribution in [3.05, 3.63) is 18.1 Å². The highest BCUT2D eigenvalue weighted by Crippen LogP contribution is 2.18. The van der Waals surface area contributed by atoms with Gasteiger partial charge in [-0.05, 0) is 26.0 Å². The third-order valence-electron chi connectivity index (χ3n) is 3.39. The summed E-state index contributed by atoms with van der Waals surface area (Å²) in [6.45, 7) is 2.61. The Balaban J connectivity index is 2.02. The molecular formula is C13H22N4O. The molecule has 0 aromatic carbocycles. The number of ether oxygens (including phenoxy) is 1. The molecule has 1 aliphatic rings. The van der Waals surface area contributed by atoms with Crippen molar-refractivity contribution in [2.24, 2.45) is 0 Å². The fourth-order valence-corrected chi connectivity index (χ4v) is 2.20. The molecule has 5 nitrogen and oxygen atoms in total. The number of likely N-dealkylation sites (N-methyl/N-ethyl adjacent to an activating group) is 1. The van der Waals surface area contributed by atoms with Gasteiger partial charge in [0.2, 0.25) is 0 Å². The molecule has 18 heavy (non-hydrogen) atoms. The van der Waals surface area contributed by atoms with E-state index >= 15 is 0 Å². The van der Waals surface area contributed by atoms with Crippen LogP contribution in [-0.2, 0) is 11.2 Å². The minimum Gasteiger partial charge on any atom is -0.381 e. The fourth-order valence-electron chi connectivity index (χ4n) is 2.20. The molecule has 1 N–H and O–H groups in total. The average Bonchev–Trinajstić information content (AvgIpc) is 2.45. The lowest BCUT2D eigenvalue weighted by Gasteiger charge is -2.32. The fraction of sp³-hybridized carbons (Fsp3) is 0.692. The van der Waals surface area contributed by atoms with Gasteiger partial charge in [0.15, 0.2) is 0 Å². The summed E-state index contributed by atoms with van der Waals surface area (Å²) in [4.78, 5) is 11.2. The van der Waals surface area contributed by atoms with E-state index in [1.165, 1.54) is 0 Å². The normalized spacial score (nSPS) is 16.8. The van der Waals surface area contributed by atoms with Gasteiger partial charge in [-0.25, -0.2) is 9.97 Å². The number of rotatable bonds is 5. The Morgan fingerprint density at radius 2 is 2.22 bits per heavy atom. The van der Waals surface area contributed by atoms with Crippen molar-refractivity contribution in [3.63, 3.8) is 0 Å². The topological polar surface area (TPSA) is 50.3 Å². The van der Waals surface area contributed by atoms with E-state index in [4.69, 9.17) is 4.74 Å². The van der Waals surface area contributed by atoms with E-state index in [1.54, 1.807) is 0 Å². The number of anilines is 1. The molecule has 0 aliphatic carbocycles. The van der Waals surface area contributed by atoms with Crippen molar-refractivity contribution in [1.82, 2.24) is 15.3 Å². The molecule has 0 radical (unpaired) electrons. The molecule has 0 bridgehead atoms. The second-order valence-corrected chi connectivity index (χ2v) is 4.64. The number of aromatic nitrogens is 2. The summed E-state index contributed by atoms with van der Waals surface area (Å²) in [7, 11) is 4.05. The molecule has 1 aromatic heterocycles. The first kappa shape index (κ1) is 13.2. The predicted molar refractivity (Wildman–Crippen MR) is 71.9 cm³/mol. The second kappa shape index (κ2) is 6.66. The molecule has 0 unspecified atom stereocenters. The number of nitrogens with zero attached hydrogens (tertiary/aromatic N) is 3. The van der Waals surface area contributed by atoms with Crippen molar-refractivity contribution < 1.29 is 4.74 Å².